The molecule has 0 bridgehead atoms. The van der Waals surface area contributed by atoms with Gasteiger partial charge in [-0.05, 0) is 26.3 Å². The average Bonchev–Trinajstić information content (AvgIpc) is 2.55. The van der Waals surface area contributed by atoms with Crippen LogP contribution in [-0.2, 0) is 9.47 Å². The molecular formula is C19H30N4O3. The first-order chi connectivity index (χ1) is 12.3. The van der Waals surface area contributed by atoms with Gasteiger partial charge in [-0.3, -0.25) is 4.99 Å². The molecule has 1 atom stereocenters. The molecule has 1 aromatic rings. The lowest BCUT2D eigenvalue weighted by Crippen LogP contribution is -2.63. The molecule has 144 valence electrons. The topological polar surface area (TPSA) is 75.2 Å². The number of carbonyl (C=O) groups excluding carboxylic acids is 1. The summed E-state index contributed by atoms with van der Waals surface area (Å²) in [6.45, 7) is 7.40. The number of aliphatic imine (C=N–C) groups is 1. The van der Waals surface area contributed by atoms with E-state index in [0.717, 1.165) is 5.56 Å². The van der Waals surface area contributed by atoms with Gasteiger partial charge in [-0.15, -0.1) is 0 Å². The minimum atomic E-state index is -0.472. The normalized spacial score (nSPS) is 16.7. The summed E-state index contributed by atoms with van der Waals surface area (Å²) < 4.78 is 10.9. The van der Waals surface area contributed by atoms with E-state index in [1.165, 1.54) is 0 Å². The molecule has 1 aliphatic rings. The lowest BCUT2D eigenvalue weighted by atomic mass is 10.1. The summed E-state index contributed by atoms with van der Waals surface area (Å²) in [7, 11) is 3.42. The summed E-state index contributed by atoms with van der Waals surface area (Å²) in [4.78, 5) is 17.9. The van der Waals surface area contributed by atoms with Gasteiger partial charge in [0.05, 0.1) is 12.1 Å². The number of methoxy groups -OCH3 is 1. The van der Waals surface area contributed by atoms with Crippen molar-refractivity contribution in [2.24, 2.45) is 4.99 Å². The van der Waals surface area contributed by atoms with Crippen molar-refractivity contribution in [3.05, 3.63) is 35.9 Å². The molecule has 1 heterocycles. The number of hydrogen-bond acceptors (Lipinski definition) is 4. The van der Waals surface area contributed by atoms with E-state index < -0.39 is 5.60 Å². The van der Waals surface area contributed by atoms with Gasteiger partial charge in [-0.2, -0.15) is 0 Å². The van der Waals surface area contributed by atoms with Crippen molar-refractivity contribution in [2.45, 2.75) is 38.5 Å². The highest BCUT2D eigenvalue weighted by Crippen LogP contribution is 2.16. The molecule has 1 saturated heterocycles. The van der Waals surface area contributed by atoms with E-state index in [2.05, 4.69) is 15.6 Å². The van der Waals surface area contributed by atoms with Crippen molar-refractivity contribution >= 4 is 12.1 Å². The van der Waals surface area contributed by atoms with Crippen LogP contribution < -0.4 is 10.6 Å². The number of benzene rings is 1. The standard InChI is InChI=1S/C19H30N4O3/c1-19(2,3)26-18(24)23-12-15(13-23)22-17(20-4)21-11-16(25-5)14-9-7-6-8-10-14/h6-10,15-16H,11-13H2,1-5H3,(H2,20,21,22). The Morgan fingerprint density at radius 3 is 2.50 bits per heavy atom. The van der Waals surface area contributed by atoms with E-state index in [9.17, 15) is 4.79 Å². The number of likely N-dealkylation sites (tertiary alicyclic amines) is 1. The average molecular weight is 362 g/mol. The van der Waals surface area contributed by atoms with E-state index in [1.807, 2.05) is 51.1 Å². The molecule has 0 aliphatic carbocycles. The Morgan fingerprint density at radius 2 is 1.96 bits per heavy atom. The van der Waals surface area contributed by atoms with Gasteiger partial charge in [-0.1, -0.05) is 30.3 Å². The monoisotopic (exact) mass is 362 g/mol. The van der Waals surface area contributed by atoms with Gasteiger partial charge in [0.2, 0.25) is 0 Å². The van der Waals surface area contributed by atoms with E-state index in [1.54, 1.807) is 19.1 Å². The van der Waals surface area contributed by atoms with E-state index in [4.69, 9.17) is 9.47 Å². The van der Waals surface area contributed by atoms with Gasteiger partial charge in [0.25, 0.3) is 0 Å². The molecular weight excluding hydrogens is 332 g/mol. The third-order valence-electron chi connectivity index (χ3n) is 4.01. The molecule has 7 nitrogen and oxygen atoms in total. The molecule has 2 N–H and O–H groups in total. The molecule has 26 heavy (non-hydrogen) atoms. The SMILES string of the molecule is CN=C(NCC(OC)c1ccccc1)NC1CN(C(=O)OC(C)(C)C)C1. The maximum atomic E-state index is 12.0. The van der Waals surface area contributed by atoms with Crippen molar-refractivity contribution in [2.75, 3.05) is 33.8 Å². The second-order valence-corrected chi connectivity index (χ2v) is 7.31. The molecule has 1 fully saturated rings. The van der Waals surface area contributed by atoms with Gasteiger partial charge >= 0.3 is 6.09 Å². The molecule has 0 aromatic heterocycles. The lowest BCUT2D eigenvalue weighted by molar-refractivity contribution is 0.00699. The van der Waals surface area contributed by atoms with Crippen LogP contribution >= 0.6 is 0 Å². The number of hydrogen-bond donors (Lipinski definition) is 2. The Kier molecular flexibility index (Phi) is 6.85. The molecule has 1 aromatic carbocycles. The van der Waals surface area contributed by atoms with E-state index in [0.29, 0.717) is 25.6 Å². The zero-order chi connectivity index (χ0) is 19.2. The third kappa shape index (κ3) is 5.91. The highest BCUT2D eigenvalue weighted by atomic mass is 16.6. The summed E-state index contributed by atoms with van der Waals surface area (Å²) >= 11 is 0. The molecule has 0 spiro atoms. The first kappa shape index (κ1) is 20.0. The Hall–Kier alpha value is -2.28. The van der Waals surface area contributed by atoms with Gasteiger partial charge in [-0.25, -0.2) is 4.79 Å². The summed E-state index contributed by atoms with van der Waals surface area (Å²) in [5.41, 5.74) is 0.637. The van der Waals surface area contributed by atoms with Crippen molar-refractivity contribution in [1.29, 1.82) is 0 Å². The number of nitrogens with zero attached hydrogens (tertiary/aromatic N) is 2. The molecule has 0 saturated carbocycles. The molecule has 1 unspecified atom stereocenters. The summed E-state index contributed by atoms with van der Waals surface area (Å²) in [5.74, 6) is 0.691. The number of amides is 1. The first-order valence-electron chi connectivity index (χ1n) is 8.85. The lowest BCUT2D eigenvalue weighted by Gasteiger charge is -2.40. The van der Waals surface area contributed by atoms with Crippen LogP contribution in [0.2, 0.25) is 0 Å². The zero-order valence-corrected chi connectivity index (χ0v) is 16.3. The minimum Gasteiger partial charge on any atom is -0.444 e. The summed E-state index contributed by atoms with van der Waals surface area (Å²) in [5, 5.41) is 6.60. The molecule has 7 heteroatoms. The predicted octanol–water partition coefficient (Wildman–Crippen LogP) is 2.16. The van der Waals surface area contributed by atoms with Crippen LogP contribution in [0, 0.1) is 0 Å². The van der Waals surface area contributed by atoms with E-state index in [-0.39, 0.29) is 18.2 Å². The largest absolute Gasteiger partial charge is 0.444 e. The fourth-order valence-corrected chi connectivity index (χ4v) is 2.63. The van der Waals surface area contributed by atoms with Crippen molar-refractivity contribution < 1.29 is 14.3 Å². The minimum absolute atomic E-state index is 0.0607. The van der Waals surface area contributed by atoms with Gasteiger partial charge in [0.15, 0.2) is 5.96 Å². The Labute approximate surface area is 155 Å². The molecule has 1 amide bonds. The smallest absolute Gasteiger partial charge is 0.410 e. The Morgan fingerprint density at radius 1 is 1.31 bits per heavy atom. The number of guanidine groups is 1. The molecule has 1 aliphatic heterocycles. The van der Waals surface area contributed by atoms with Gasteiger partial charge in [0.1, 0.15) is 5.60 Å². The maximum Gasteiger partial charge on any atom is 0.410 e. The highest BCUT2D eigenvalue weighted by molar-refractivity contribution is 5.80. The molecule has 0 radical (unpaired) electrons. The number of nitrogens with one attached hydrogen (secondary N) is 2. The summed E-state index contributed by atoms with van der Waals surface area (Å²) in [6, 6.07) is 10.2. The van der Waals surface area contributed by atoms with Crippen molar-refractivity contribution in [3.8, 4) is 0 Å². The third-order valence-corrected chi connectivity index (χ3v) is 4.01. The van der Waals surface area contributed by atoms with Gasteiger partial charge in [0, 0.05) is 33.8 Å². The van der Waals surface area contributed by atoms with Crippen LogP contribution in [-0.4, -0.2) is 62.4 Å². The fourth-order valence-electron chi connectivity index (χ4n) is 2.63. The number of carbonyl (C=O) groups is 1. The van der Waals surface area contributed by atoms with Crippen LogP contribution in [0.5, 0.6) is 0 Å². The molecule has 2 rings (SSSR count). The van der Waals surface area contributed by atoms with Crippen LogP contribution in [0.4, 0.5) is 4.79 Å². The first-order valence-corrected chi connectivity index (χ1v) is 8.85. The van der Waals surface area contributed by atoms with Crippen LogP contribution in [0.15, 0.2) is 35.3 Å². The maximum absolute atomic E-state index is 12.0. The second kappa shape index (κ2) is 8.89. The number of ether oxygens (including phenoxy) is 2. The highest BCUT2D eigenvalue weighted by Gasteiger charge is 2.34. The summed E-state index contributed by atoms with van der Waals surface area (Å²) in [6.07, 6.45) is -0.337. The van der Waals surface area contributed by atoms with Crippen molar-refractivity contribution in [3.63, 3.8) is 0 Å². The van der Waals surface area contributed by atoms with Gasteiger partial charge < -0.3 is 25.0 Å². The van der Waals surface area contributed by atoms with Crippen LogP contribution in [0.3, 0.4) is 0 Å². The quantitative estimate of drug-likeness (QED) is 0.620. The fraction of sp³-hybridized carbons (Fsp3) is 0.579. The second-order valence-electron chi connectivity index (χ2n) is 7.31. The van der Waals surface area contributed by atoms with Crippen LogP contribution in [0.1, 0.15) is 32.4 Å². The Bertz CT molecular complexity index is 607. The predicted molar refractivity (Wildman–Crippen MR) is 102 cm³/mol. The zero-order valence-electron chi connectivity index (χ0n) is 16.3. The van der Waals surface area contributed by atoms with E-state index >= 15 is 0 Å². The number of rotatable bonds is 5. The van der Waals surface area contributed by atoms with Crippen LogP contribution in [0.25, 0.3) is 0 Å². The Balaban J connectivity index is 1.76. The van der Waals surface area contributed by atoms with Crippen molar-refractivity contribution in [1.82, 2.24) is 15.5 Å².